The molecule has 0 bridgehead atoms. The first-order valence-corrected chi connectivity index (χ1v) is 5.91. The molecule has 0 aromatic rings. The molecular weight excluding hydrogens is 190 g/mol. The van der Waals surface area contributed by atoms with Crippen molar-refractivity contribution in [3.63, 3.8) is 0 Å². The number of rotatable bonds is 5. The fourth-order valence-electron chi connectivity index (χ4n) is 2.11. The van der Waals surface area contributed by atoms with Crippen LogP contribution in [0, 0.1) is 0 Å². The van der Waals surface area contributed by atoms with E-state index >= 15 is 0 Å². The number of carbonyl (C=O) groups excluding carboxylic acids is 1. The minimum absolute atomic E-state index is 0.138. The van der Waals surface area contributed by atoms with Crippen molar-refractivity contribution in [2.24, 2.45) is 5.73 Å². The minimum Gasteiger partial charge on any atom is -0.355 e. The molecule has 1 atom stereocenters. The molecule has 3 N–H and O–H groups in total. The molecule has 1 amide bonds. The van der Waals surface area contributed by atoms with E-state index in [4.69, 9.17) is 5.73 Å². The Morgan fingerprint density at radius 1 is 1.53 bits per heavy atom. The Labute approximate surface area is 92.2 Å². The zero-order chi connectivity index (χ0) is 11.1. The molecular formula is C11H23N3O. The lowest BCUT2D eigenvalue weighted by Gasteiger charge is -2.32. The second kappa shape index (κ2) is 6.80. The van der Waals surface area contributed by atoms with Crippen LogP contribution in [-0.2, 0) is 4.79 Å². The maximum atomic E-state index is 11.4. The molecule has 15 heavy (non-hydrogen) atoms. The number of hydrogen-bond donors (Lipinski definition) is 2. The molecule has 1 aliphatic heterocycles. The van der Waals surface area contributed by atoms with Crippen molar-refractivity contribution in [1.82, 2.24) is 10.2 Å². The Morgan fingerprint density at radius 2 is 2.33 bits per heavy atom. The number of nitrogens with one attached hydrogen (secondary N) is 1. The summed E-state index contributed by atoms with van der Waals surface area (Å²) < 4.78 is 0. The van der Waals surface area contributed by atoms with Crippen molar-refractivity contribution in [1.29, 1.82) is 0 Å². The first-order valence-electron chi connectivity index (χ1n) is 5.91. The third-order valence-electron chi connectivity index (χ3n) is 3.09. The molecule has 1 aliphatic rings. The van der Waals surface area contributed by atoms with Gasteiger partial charge in [-0.3, -0.25) is 4.79 Å². The highest BCUT2D eigenvalue weighted by molar-refractivity contribution is 5.75. The van der Waals surface area contributed by atoms with E-state index in [0.29, 0.717) is 25.6 Å². The van der Waals surface area contributed by atoms with Gasteiger partial charge in [-0.05, 0) is 32.9 Å². The van der Waals surface area contributed by atoms with Crippen LogP contribution in [0.1, 0.15) is 32.1 Å². The van der Waals surface area contributed by atoms with Gasteiger partial charge in [-0.15, -0.1) is 0 Å². The number of amides is 1. The Balaban J connectivity index is 2.14. The van der Waals surface area contributed by atoms with Crippen LogP contribution in [0.3, 0.4) is 0 Å². The van der Waals surface area contributed by atoms with Gasteiger partial charge in [-0.25, -0.2) is 0 Å². The van der Waals surface area contributed by atoms with Crippen LogP contribution in [0.5, 0.6) is 0 Å². The van der Waals surface area contributed by atoms with Gasteiger partial charge in [-0.1, -0.05) is 6.42 Å². The topological polar surface area (TPSA) is 58.4 Å². The lowest BCUT2D eigenvalue weighted by atomic mass is 9.98. The summed E-state index contributed by atoms with van der Waals surface area (Å²) in [7, 11) is 2.15. The van der Waals surface area contributed by atoms with Gasteiger partial charge >= 0.3 is 0 Å². The van der Waals surface area contributed by atoms with E-state index in [-0.39, 0.29) is 5.91 Å². The van der Waals surface area contributed by atoms with Crippen LogP contribution in [0.4, 0.5) is 0 Å². The van der Waals surface area contributed by atoms with Crippen molar-refractivity contribution < 1.29 is 4.79 Å². The highest BCUT2D eigenvalue weighted by atomic mass is 16.1. The molecule has 88 valence electrons. The average molecular weight is 213 g/mol. The van der Waals surface area contributed by atoms with Gasteiger partial charge in [0.2, 0.25) is 5.91 Å². The molecule has 0 aliphatic carbocycles. The number of likely N-dealkylation sites (tertiary alicyclic amines) is 1. The Morgan fingerprint density at radius 3 is 3.00 bits per heavy atom. The second-order valence-electron chi connectivity index (χ2n) is 4.31. The van der Waals surface area contributed by atoms with Gasteiger partial charge < -0.3 is 16.0 Å². The fourth-order valence-corrected chi connectivity index (χ4v) is 2.11. The zero-order valence-corrected chi connectivity index (χ0v) is 9.67. The highest BCUT2D eigenvalue weighted by Crippen LogP contribution is 2.18. The predicted octanol–water partition coefficient (Wildman–Crippen LogP) is 0.326. The van der Waals surface area contributed by atoms with Gasteiger partial charge in [-0.2, -0.15) is 0 Å². The van der Waals surface area contributed by atoms with Crippen LogP contribution in [0.2, 0.25) is 0 Å². The van der Waals surface area contributed by atoms with E-state index in [2.05, 4.69) is 17.3 Å². The first-order chi connectivity index (χ1) is 7.24. The summed E-state index contributed by atoms with van der Waals surface area (Å²) in [6.07, 6.45) is 5.45. The van der Waals surface area contributed by atoms with Gasteiger partial charge in [0.25, 0.3) is 0 Å². The SMILES string of the molecule is CN1CCCCC1CCC(=O)NCCN. The summed E-state index contributed by atoms with van der Waals surface area (Å²) in [4.78, 5) is 13.7. The number of nitrogens with zero attached hydrogens (tertiary/aromatic N) is 1. The van der Waals surface area contributed by atoms with E-state index in [9.17, 15) is 4.79 Å². The van der Waals surface area contributed by atoms with Gasteiger partial charge in [0, 0.05) is 25.6 Å². The number of hydrogen-bond acceptors (Lipinski definition) is 3. The van der Waals surface area contributed by atoms with E-state index < -0.39 is 0 Å². The quantitative estimate of drug-likeness (QED) is 0.692. The Hall–Kier alpha value is -0.610. The van der Waals surface area contributed by atoms with Crippen molar-refractivity contribution >= 4 is 5.91 Å². The summed E-state index contributed by atoms with van der Waals surface area (Å²) in [6, 6.07) is 0.599. The van der Waals surface area contributed by atoms with Gasteiger partial charge in [0.1, 0.15) is 0 Å². The monoisotopic (exact) mass is 213 g/mol. The van der Waals surface area contributed by atoms with Crippen LogP contribution in [0.25, 0.3) is 0 Å². The fraction of sp³-hybridized carbons (Fsp3) is 0.909. The van der Waals surface area contributed by atoms with E-state index in [0.717, 1.165) is 6.42 Å². The minimum atomic E-state index is 0.138. The molecule has 0 aromatic carbocycles. The summed E-state index contributed by atoms with van der Waals surface area (Å²) in [5.74, 6) is 0.138. The van der Waals surface area contributed by atoms with E-state index in [1.54, 1.807) is 0 Å². The molecule has 0 aromatic heterocycles. The van der Waals surface area contributed by atoms with Crippen LogP contribution >= 0.6 is 0 Å². The highest BCUT2D eigenvalue weighted by Gasteiger charge is 2.19. The Bertz CT molecular complexity index is 196. The summed E-state index contributed by atoms with van der Waals surface area (Å²) >= 11 is 0. The Kier molecular flexibility index (Phi) is 5.65. The number of piperidine rings is 1. The third kappa shape index (κ3) is 4.62. The lowest BCUT2D eigenvalue weighted by molar-refractivity contribution is -0.121. The number of carbonyl (C=O) groups is 1. The van der Waals surface area contributed by atoms with Crippen molar-refractivity contribution in [2.45, 2.75) is 38.1 Å². The largest absolute Gasteiger partial charge is 0.355 e. The standard InChI is InChI=1S/C11H23N3O/c1-14-9-3-2-4-10(14)5-6-11(15)13-8-7-12/h10H,2-9,12H2,1H3,(H,13,15). The molecule has 1 saturated heterocycles. The van der Waals surface area contributed by atoms with Crippen LogP contribution in [-0.4, -0.2) is 43.5 Å². The van der Waals surface area contributed by atoms with Crippen molar-refractivity contribution in [3.8, 4) is 0 Å². The second-order valence-corrected chi connectivity index (χ2v) is 4.31. The summed E-state index contributed by atoms with van der Waals surface area (Å²) in [5, 5.41) is 2.80. The average Bonchev–Trinajstić information content (AvgIpc) is 2.25. The van der Waals surface area contributed by atoms with Crippen LogP contribution in [0.15, 0.2) is 0 Å². The molecule has 0 radical (unpaired) electrons. The normalized spacial score (nSPS) is 22.7. The summed E-state index contributed by atoms with van der Waals surface area (Å²) in [6.45, 7) is 2.30. The number of nitrogens with two attached hydrogens (primary N) is 1. The smallest absolute Gasteiger partial charge is 0.220 e. The van der Waals surface area contributed by atoms with Gasteiger partial charge in [0.15, 0.2) is 0 Å². The first kappa shape index (κ1) is 12.5. The molecule has 1 fully saturated rings. The molecule has 4 heteroatoms. The molecule has 0 saturated carbocycles. The zero-order valence-electron chi connectivity index (χ0n) is 9.67. The molecule has 1 heterocycles. The predicted molar refractivity (Wildman–Crippen MR) is 61.6 cm³/mol. The maximum absolute atomic E-state index is 11.4. The van der Waals surface area contributed by atoms with Crippen molar-refractivity contribution in [2.75, 3.05) is 26.7 Å². The summed E-state index contributed by atoms with van der Waals surface area (Å²) in [5.41, 5.74) is 5.31. The molecule has 0 spiro atoms. The van der Waals surface area contributed by atoms with E-state index in [1.165, 1.54) is 25.8 Å². The van der Waals surface area contributed by atoms with Crippen LogP contribution < -0.4 is 11.1 Å². The molecule has 1 rings (SSSR count). The van der Waals surface area contributed by atoms with Gasteiger partial charge in [0.05, 0.1) is 0 Å². The molecule has 4 nitrogen and oxygen atoms in total. The lowest BCUT2D eigenvalue weighted by Crippen LogP contribution is -2.37. The molecule has 1 unspecified atom stereocenters. The van der Waals surface area contributed by atoms with Crippen molar-refractivity contribution in [3.05, 3.63) is 0 Å². The maximum Gasteiger partial charge on any atom is 0.220 e. The van der Waals surface area contributed by atoms with E-state index in [1.807, 2.05) is 0 Å². The third-order valence-corrected chi connectivity index (χ3v) is 3.09.